The molecule has 8 nitrogen and oxygen atoms in total. The van der Waals surface area contributed by atoms with Crippen molar-refractivity contribution in [2.24, 2.45) is 0 Å². The maximum absolute atomic E-state index is 14.1. The predicted molar refractivity (Wildman–Crippen MR) is 168 cm³/mol. The molecule has 3 aromatic rings. The maximum atomic E-state index is 14.1. The molecule has 0 aromatic heterocycles. The molecule has 0 unspecified atom stereocenters. The van der Waals surface area contributed by atoms with E-state index in [1.165, 1.54) is 24.1 Å². The summed E-state index contributed by atoms with van der Waals surface area (Å²) in [4.78, 5) is 29.1. The maximum Gasteiger partial charge on any atom is 0.264 e. The number of nitrogens with zero attached hydrogens (tertiary/aromatic N) is 2. The Morgan fingerprint density at radius 3 is 2.31 bits per heavy atom. The van der Waals surface area contributed by atoms with Crippen molar-refractivity contribution in [3.05, 3.63) is 88.4 Å². The van der Waals surface area contributed by atoms with Crippen LogP contribution in [0.1, 0.15) is 50.2 Å². The van der Waals surface area contributed by atoms with Crippen LogP contribution in [0.4, 0.5) is 5.69 Å². The fraction of sp³-hybridized carbons (Fsp3) is 0.375. The molecule has 0 heterocycles. The summed E-state index contributed by atoms with van der Waals surface area (Å²) >= 11 is 3.44. The van der Waals surface area contributed by atoms with Crippen LogP contribution in [0.15, 0.2) is 82.2 Å². The average Bonchev–Trinajstić information content (AvgIpc) is 2.99. The Kier molecular flexibility index (Phi) is 10.7. The van der Waals surface area contributed by atoms with Gasteiger partial charge in [0, 0.05) is 23.1 Å². The zero-order valence-corrected chi connectivity index (χ0v) is 26.7. The lowest BCUT2D eigenvalue weighted by Gasteiger charge is -2.33. The first-order valence-corrected chi connectivity index (χ1v) is 16.4. The third-order valence-electron chi connectivity index (χ3n) is 7.61. The van der Waals surface area contributed by atoms with Crippen LogP contribution in [0.5, 0.6) is 5.75 Å². The van der Waals surface area contributed by atoms with Gasteiger partial charge in [-0.1, -0.05) is 71.1 Å². The molecular weight excluding hydrogens is 618 g/mol. The molecule has 0 spiro atoms. The summed E-state index contributed by atoms with van der Waals surface area (Å²) in [6.45, 7) is 3.21. The van der Waals surface area contributed by atoms with Crippen molar-refractivity contribution < 1.29 is 22.7 Å². The molecule has 0 aliphatic heterocycles. The number of amides is 2. The largest absolute Gasteiger partial charge is 0.497 e. The number of sulfonamides is 1. The van der Waals surface area contributed by atoms with Gasteiger partial charge in [0.25, 0.3) is 10.0 Å². The molecule has 3 aromatic carbocycles. The van der Waals surface area contributed by atoms with Gasteiger partial charge in [-0.05, 0) is 68.7 Å². The fourth-order valence-electron chi connectivity index (χ4n) is 5.07. The van der Waals surface area contributed by atoms with Crippen LogP contribution >= 0.6 is 15.9 Å². The van der Waals surface area contributed by atoms with Gasteiger partial charge >= 0.3 is 0 Å². The van der Waals surface area contributed by atoms with Gasteiger partial charge in [-0.3, -0.25) is 13.9 Å². The number of nitrogens with one attached hydrogen (secondary N) is 1. The molecule has 1 N–H and O–H groups in total. The highest BCUT2D eigenvalue weighted by Gasteiger charge is 2.33. The molecule has 1 aliphatic rings. The monoisotopic (exact) mass is 655 g/mol. The molecule has 4 rings (SSSR count). The fourth-order valence-corrected chi connectivity index (χ4v) is 6.74. The zero-order chi connectivity index (χ0) is 30.3. The second kappa shape index (κ2) is 14.2. The van der Waals surface area contributed by atoms with Crippen molar-refractivity contribution in [1.29, 1.82) is 0 Å². The van der Waals surface area contributed by atoms with E-state index < -0.39 is 28.5 Å². The number of aryl methyl sites for hydroxylation is 1. The second-order valence-corrected chi connectivity index (χ2v) is 13.5. The molecule has 10 heteroatoms. The number of carbonyl (C=O) groups excluding carboxylic acids is 2. The minimum Gasteiger partial charge on any atom is -0.497 e. The number of methoxy groups -OCH3 is 1. The van der Waals surface area contributed by atoms with E-state index in [1.807, 2.05) is 31.2 Å². The molecule has 0 radical (unpaired) electrons. The third-order valence-corrected chi connectivity index (χ3v) is 9.93. The zero-order valence-electron chi connectivity index (χ0n) is 24.3. The Hall–Kier alpha value is -3.37. The van der Waals surface area contributed by atoms with E-state index in [2.05, 4.69) is 21.2 Å². The van der Waals surface area contributed by atoms with Crippen molar-refractivity contribution >= 4 is 43.5 Å². The molecule has 2 amide bonds. The van der Waals surface area contributed by atoms with Gasteiger partial charge < -0.3 is 15.0 Å². The van der Waals surface area contributed by atoms with E-state index in [9.17, 15) is 18.0 Å². The number of ether oxygens (including phenoxy) is 1. The topological polar surface area (TPSA) is 96.0 Å². The molecule has 1 aliphatic carbocycles. The Balaban J connectivity index is 1.68. The van der Waals surface area contributed by atoms with Gasteiger partial charge in [0.2, 0.25) is 11.8 Å². The minimum absolute atomic E-state index is 0.0614. The first-order chi connectivity index (χ1) is 20.1. The quantitative estimate of drug-likeness (QED) is 0.281. The second-order valence-electron chi connectivity index (χ2n) is 10.7. The third kappa shape index (κ3) is 7.92. The van der Waals surface area contributed by atoms with Crippen LogP contribution in [0.25, 0.3) is 0 Å². The molecule has 1 atom stereocenters. The van der Waals surface area contributed by atoms with Crippen molar-refractivity contribution in [1.82, 2.24) is 10.2 Å². The van der Waals surface area contributed by atoms with Crippen LogP contribution in [0, 0.1) is 6.92 Å². The highest BCUT2D eigenvalue weighted by molar-refractivity contribution is 9.10. The van der Waals surface area contributed by atoms with Crippen LogP contribution in [-0.2, 0) is 26.2 Å². The molecule has 0 saturated heterocycles. The SMILES string of the molecule is COc1cccc(N(CC(=O)N(Cc2ccc(Br)cc2)[C@@H](C)C(=O)NC2CCCCC2)S(=O)(=O)c2ccc(C)cc2)c1. The van der Waals surface area contributed by atoms with Crippen molar-refractivity contribution in [3.8, 4) is 5.75 Å². The van der Waals surface area contributed by atoms with Crippen LogP contribution in [0.2, 0.25) is 0 Å². The first-order valence-electron chi connectivity index (χ1n) is 14.2. The molecular formula is C32H38BrN3O5S. The number of hydrogen-bond donors (Lipinski definition) is 1. The smallest absolute Gasteiger partial charge is 0.264 e. The van der Waals surface area contributed by atoms with Gasteiger partial charge in [-0.15, -0.1) is 0 Å². The molecule has 1 saturated carbocycles. The van der Waals surface area contributed by atoms with Crippen molar-refractivity contribution in [3.63, 3.8) is 0 Å². The van der Waals surface area contributed by atoms with Gasteiger partial charge in [0.05, 0.1) is 17.7 Å². The van der Waals surface area contributed by atoms with Crippen LogP contribution < -0.4 is 14.4 Å². The summed E-state index contributed by atoms with van der Waals surface area (Å²) in [6, 6.07) is 19.8. The number of anilines is 1. The van der Waals surface area contributed by atoms with E-state index in [1.54, 1.807) is 43.3 Å². The number of rotatable bonds is 11. The van der Waals surface area contributed by atoms with Crippen molar-refractivity contribution in [2.45, 2.75) is 69.5 Å². The van der Waals surface area contributed by atoms with Gasteiger partial charge in [-0.2, -0.15) is 0 Å². The first kappa shape index (κ1) is 31.6. The lowest BCUT2D eigenvalue weighted by atomic mass is 9.95. The minimum atomic E-state index is -4.15. The highest BCUT2D eigenvalue weighted by atomic mass is 79.9. The highest BCUT2D eigenvalue weighted by Crippen LogP contribution is 2.28. The van der Waals surface area contributed by atoms with E-state index in [0.717, 1.165) is 52.0 Å². The van der Waals surface area contributed by atoms with E-state index in [-0.39, 0.29) is 29.1 Å². The van der Waals surface area contributed by atoms with Crippen LogP contribution in [0.3, 0.4) is 0 Å². The van der Waals surface area contributed by atoms with Gasteiger partial charge in [0.1, 0.15) is 18.3 Å². The predicted octanol–water partition coefficient (Wildman–Crippen LogP) is 5.83. The summed E-state index contributed by atoms with van der Waals surface area (Å²) < 4.78 is 35.3. The van der Waals surface area contributed by atoms with E-state index >= 15 is 0 Å². The van der Waals surface area contributed by atoms with Crippen LogP contribution in [-0.4, -0.2) is 50.9 Å². The Morgan fingerprint density at radius 2 is 1.67 bits per heavy atom. The van der Waals surface area contributed by atoms with E-state index in [0.29, 0.717) is 5.75 Å². The number of halogens is 1. The summed E-state index contributed by atoms with van der Waals surface area (Å²) in [6.07, 6.45) is 5.11. The normalized spacial score (nSPS) is 14.6. The average molecular weight is 657 g/mol. The lowest BCUT2D eigenvalue weighted by Crippen LogP contribution is -2.53. The molecule has 224 valence electrons. The Labute approximate surface area is 257 Å². The number of carbonyl (C=O) groups is 2. The van der Waals surface area contributed by atoms with Crippen molar-refractivity contribution in [2.75, 3.05) is 18.0 Å². The molecule has 0 bridgehead atoms. The Bertz CT molecular complexity index is 1470. The number of hydrogen-bond acceptors (Lipinski definition) is 5. The molecule has 1 fully saturated rings. The summed E-state index contributed by atoms with van der Waals surface area (Å²) in [7, 11) is -2.65. The number of benzene rings is 3. The van der Waals surface area contributed by atoms with Gasteiger partial charge in [-0.25, -0.2) is 8.42 Å². The summed E-state index contributed by atoms with van der Waals surface area (Å²) in [5.74, 6) is -0.291. The van der Waals surface area contributed by atoms with E-state index in [4.69, 9.17) is 4.74 Å². The summed E-state index contributed by atoms with van der Waals surface area (Å²) in [5.41, 5.74) is 2.01. The standard InChI is InChI=1S/C32H38BrN3O5S/c1-23-12-18-30(19-13-23)42(39,40)36(28-10-7-11-29(20-28)41-3)22-31(37)35(21-25-14-16-26(33)17-15-25)24(2)32(38)34-27-8-5-4-6-9-27/h7,10-20,24,27H,4-6,8-9,21-22H2,1-3H3,(H,34,38)/t24-/m0/s1. The molecule has 42 heavy (non-hydrogen) atoms. The summed E-state index contributed by atoms with van der Waals surface area (Å²) in [5, 5.41) is 3.12. The lowest BCUT2D eigenvalue weighted by molar-refractivity contribution is -0.139. The van der Waals surface area contributed by atoms with Gasteiger partial charge in [0.15, 0.2) is 0 Å². The Morgan fingerprint density at radius 1 is 1.00 bits per heavy atom.